The predicted molar refractivity (Wildman–Crippen MR) is 64.2 cm³/mol. The molecule has 20 heavy (non-hydrogen) atoms. The Labute approximate surface area is 132 Å². The minimum Gasteiger partial charge on any atom is 0 e. The van der Waals surface area contributed by atoms with E-state index in [1.807, 2.05) is 12.8 Å². The van der Waals surface area contributed by atoms with E-state index in [9.17, 15) is 5.11 Å². The molecule has 0 spiro atoms. The molecule has 1 unspecified atom stereocenters. The second-order valence-corrected chi connectivity index (χ2v) is 4.09. The van der Waals surface area contributed by atoms with E-state index < -0.39 is 0 Å². The van der Waals surface area contributed by atoms with Crippen LogP contribution in [0.2, 0.25) is 0 Å². The van der Waals surface area contributed by atoms with Gasteiger partial charge in [-0.05, 0) is 31.1 Å². The van der Waals surface area contributed by atoms with Gasteiger partial charge in [-0.3, -0.25) is 0 Å². The summed E-state index contributed by atoms with van der Waals surface area (Å²) in [4.78, 5) is 0. The molecule has 0 aromatic carbocycles. The zero-order chi connectivity index (χ0) is 15.1. The van der Waals surface area contributed by atoms with Crippen LogP contribution in [-0.4, -0.2) is 5.11 Å². The third-order valence-corrected chi connectivity index (χ3v) is 3.20. The molecule has 4 nitrogen and oxygen atoms in total. The van der Waals surface area contributed by atoms with E-state index >= 15 is 0 Å². The summed E-state index contributed by atoms with van der Waals surface area (Å²) in [6, 6.07) is 0. The van der Waals surface area contributed by atoms with Crippen LogP contribution >= 0.6 is 0 Å². The maximum absolute atomic E-state index is 9.70. The van der Waals surface area contributed by atoms with Crippen molar-refractivity contribution in [2.45, 2.75) is 32.1 Å². The van der Waals surface area contributed by atoms with Gasteiger partial charge in [0.1, 0.15) is 6.10 Å². The van der Waals surface area contributed by atoms with Crippen LogP contribution in [0.4, 0.5) is 0 Å². The zero-order valence-electron chi connectivity index (χ0n) is 11.0. The second kappa shape index (κ2) is 18.7. The summed E-state index contributed by atoms with van der Waals surface area (Å²) in [5.74, 6) is 1.00. The molecule has 0 saturated heterocycles. The van der Waals surface area contributed by atoms with Crippen LogP contribution in [0.1, 0.15) is 32.1 Å². The first kappa shape index (κ1) is 24.7. The van der Waals surface area contributed by atoms with Gasteiger partial charge in [0, 0.05) is 23.5 Å². The van der Waals surface area contributed by atoms with Gasteiger partial charge in [0.2, 0.25) is 0 Å². The molecular formula is C15H17MnO4. The molecule has 2 aliphatic carbocycles. The number of hydrogen-bond donors (Lipinski definition) is 1. The Hall–Kier alpha value is -0.301. The fourth-order valence-corrected chi connectivity index (χ4v) is 2.44. The van der Waals surface area contributed by atoms with Crippen molar-refractivity contribution in [1.29, 1.82) is 0 Å². The van der Waals surface area contributed by atoms with Crippen LogP contribution in [0.3, 0.4) is 0 Å². The van der Waals surface area contributed by atoms with Crippen LogP contribution in [0.5, 0.6) is 0 Å². The number of rotatable bonds is 1. The second-order valence-electron chi connectivity index (χ2n) is 4.09. The number of aliphatic hydroxyl groups excluding tert-OH is 1. The average Bonchev–Trinajstić information content (AvgIpc) is 2.54. The van der Waals surface area contributed by atoms with Gasteiger partial charge >= 0.3 is 33.9 Å². The van der Waals surface area contributed by atoms with Crippen molar-refractivity contribution < 1.29 is 36.1 Å². The zero-order valence-corrected chi connectivity index (χ0v) is 12.2. The third-order valence-electron chi connectivity index (χ3n) is 3.20. The molecule has 2 aliphatic rings. The SMILES string of the molecule is O[C]1[CH][CH][CH][CH]C1C1CCCCC1.[C-]#[O+].[C-]#[O+].[C-]#[O+].[Mn]. The molecular weight excluding hydrogens is 299 g/mol. The van der Waals surface area contributed by atoms with Crippen LogP contribution in [-0.2, 0) is 31.0 Å². The van der Waals surface area contributed by atoms with Crippen molar-refractivity contribution in [2.24, 2.45) is 11.8 Å². The van der Waals surface area contributed by atoms with E-state index in [2.05, 4.69) is 32.8 Å². The molecule has 0 aromatic heterocycles. The van der Waals surface area contributed by atoms with Crippen molar-refractivity contribution in [1.82, 2.24) is 0 Å². The van der Waals surface area contributed by atoms with Crippen LogP contribution < -0.4 is 0 Å². The summed E-state index contributed by atoms with van der Waals surface area (Å²) in [5.41, 5.74) is 0. The standard InChI is InChI=1S/C12H17O.3CO.Mn/c13-12-9-5-4-8-11(12)10-6-2-1-3-7-10;3*1-2;/h4-5,8-11,13H,1-3,6-7H2;;;;. The fourth-order valence-electron chi connectivity index (χ4n) is 2.44. The molecule has 5 heteroatoms. The van der Waals surface area contributed by atoms with Gasteiger partial charge < -0.3 is 5.11 Å². The summed E-state index contributed by atoms with van der Waals surface area (Å²) in [6.07, 6.45) is 15.1. The summed E-state index contributed by atoms with van der Waals surface area (Å²) < 4.78 is 22.5. The Morgan fingerprint density at radius 2 is 1.40 bits per heavy atom. The van der Waals surface area contributed by atoms with E-state index in [0.29, 0.717) is 17.9 Å². The first-order valence-corrected chi connectivity index (χ1v) is 5.90. The molecule has 6 radical (unpaired) electrons. The van der Waals surface area contributed by atoms with Gasteiger partial charge in [0.05, 0.1) is 0 Å². The molecule has 1 N–H and O–H groups in total. The van der Waals surface area contributed by atoms with Crippen molar-refractivity contribution in [2.75, 3.05) is 0 Å². The van der Waals surface area contributed by atoms with Crippen LogP contribution in [0.25, 0.3) is 0 Å². The molecule has 0 aromatic rings. The van der Waals surface area contributed by atoms with Gasteiger partial charge in [-0.25, -0.2) is 0 Å². The summed E-state index contributed by atoms with van der Waals surface area (Å²) in [5, 5.41) is 9.70. The van der Waals surface area contributed by atoms with Crippen molar-refractivity contribution in [3.05, 3.63) is 51.7 Å². The molecule has 0 heterocycles. The normalized spacial score (nSPS) is 22.1. The Kier molecular flexibility index (Phi) is 23.1. The van der Waals surface area contributed by atoms with E-state index in [1.54, 1.807) is 0 Å². The Balaban J connectivity index is -0.000000368. The molecule has 0 aliphatic heterocycles. The summed E-state index contributed by atoms with van der Waals surface area (Å²) in [7, 11) is 0. The molecule has 0 amide bonds. The number of aliphatic hydroxyl groups is 1. The first-order valence-electron chi connectivity index (χ1n) is 5.90. The van der Waals surface area contributed by atoms with Gasteiger partial charge in [-0.2, -0.15) is 0 Å². The topological polar surface area (TPSA) is 79.9 Å². The number of hydrogen-bond acceptors (Lipinski definition) is 1. The van der Waals surface area contributed by atoms with Crippen molar-refractivity contribution in [3.63, 3.8) is 0 Å². The minimum atomic E-state index is 0. The van der Waals surface area contributed by atoms with E-state index in [1.165, 1.54) is 32.1 Å². The van der Waals surface area contributed by atoms with Gasteiger partial charge in [0.15, 0.2) is 0 Å². The average molecular weight is 316 g/mol. The monoisotopic (exact) mass is 316 g/mol. The third kappa shape index (κ3) is 9.58. The van der Waals surface area contributed by atoms with Gasteiger partial charge in [0.25, 0.3) is 0 Å². The maximum Gasteiger partial charge on any atom is 0 e. The quantitative estimate of drug-likeness (QED) is 0.450. The molecule has 2 rings (SSSR count). The van der Waals surface area contributed by atoms with Gasteiger partial charge in [-0.1, -0.05) is 32.1 Å². The Bertz CT molecular complexity index is 242. The Morgan fingerprint density at radius 3 is 1.85 bits per heavy atom. The molecule has 0 bridgehead atoms. The molecule has 108 valence electrons. The fraction of sp³-hybridized carbons (Fsp3) is 0.467. The van der Waals surface area contributed by atoms with E-state index in [-0.39, 0.29) is 17.1 Å². The van der Waals surface area contributed by atoms with Gasteiger partial charge in [-0.15, -0.1) is 0 Å². The van der Waals surface area contributed by atoms with Crippen LogP contribution in [0, 0.1) is 63.6 Å². The smallest absolute Gasteiger partial charge is 0 e. The molecule has 1 atom stereocenters. The van der Waals surface area contributed by atoms with E-state index in [4.69, 9.17) is 14.0 Å². The van der Waals surface area contributed by atoms with Crippen molar-refractivity contribution >= 4 is 0 Å². The first-order chi connectivity index (χ1) is 9.38. The van der Waals surface area contributed by atoms with E-state index in [0.717, 1.165) is 0 Å². The van der Waals surface area contributed by atoms with Crippen LogP contribution in [0.15, 0.2) is 0 Å². The minimum absolute atomic E-state index is 0. The largest absolute Gasteiger partial charge is 0 e. The van der Waals surface area contributed by atoms with Crippen molar-refractivity contribution in [3.8, 4) is 0 Å². The summed E-state index contributed by atoms with van der Waals surface area (Å²) >= 11 is 0. The predicted octanol–water partition coefficient (Wildman–Crippen LogP) is 2.80. The Morgan fingerprint density at radius 1 is 0.900 bits per heavy atom. The maximum atomic E-state index is 9.70. The molecule has 2 fully saturated rings. The summed E-state index contributed by atoms with van der Waals surface area (Å²) in [6.45, 7) is 13.5. The molecule has 2 saturated carbocycles.